The first-order chi connectivity index (χ1) is 8.34. The van der Waals surface area contributed by atoms with Crippen LogP contribution >= 0.6 is 0 Å². The van der Waals surface area contributed by atoms with Crippen molar-refractivity contribution in [3.8, 4) is 5.75 Å². The van der Waals surface area contributed by atoms with E-state index in [1.54, 1.807) is 20.9 Å². The molecule has 0 fully saturated rings. The predicted molar refractivity (Wildman–Crippen MR) is 73.4 cm³/mol. The molecule has 5 heteroatoms. The van der Waals surface area contributed by atoms with E-state index in [9.17, 15) is 8.42 Å². The molecule has 0 bridgehead atoms. The minimum absolute atomic E-state index is 0.353. The van der Waals surface area contributed by atoms with Crippen molar-refractivity contribution in [2.24, 2.45) is 0 Å². The average Bonchev–Trinajstić information content (AvgIpc) is 2.28. The van der Waals surface area contributed by atoms with E-state index < -0.39 is 15.3 Å². The van der Waals surface area contributed by atoms with Gasteiger partial charge in [-0.25, -0.2) is 12.7 Å². The lowest BCUT2D eigenvalue weighted by Gasteiger charge is -2.19. The first-order valence-corrected chi connectivity index (χ1v) is 7.49. The topological polar surface area (TPSA) is 46.6 Å². The van der Waals surface area contributed by atoms with Gasteiger partial charge in [0.2, 0.25) is 10.0 Å². The number of aryl methyl sites for hydroxylation is 1. The van der Waals surface area contributed by atoms with Gasteiger partial charge >= 0.3 is 0 Å². The number of hydrogen-bond donors (Lipinski definition) is 0. The van der Waals surface area contributed by atoms with Gasteiger partial charge in [0.15, 0.2) is 0 Å². The molecule has 1 aromatic rings. The van der Waals surface area contributed by atoms with Crippen LogP contribution in [0, 0.1) is 6.92 Å². The van der Waals surface area contributed by atoms with Gasteiger partial charge in [-0.2, -0.15) is 0 Å². The van der Waals surface area contributed by atoms with Crippen LogP contribution in [0.4, 0.5) is 0 Å². The number of nitrogens with zero attached hydrogens (tertiary/aromatic N) is 1. The van der Waals surface area contributed by atoms with Crippen LogP contribution in [0.5, 0.6) is 5.75 Å². The Morgan fingerprint density at radius 3 is 2.56 bits per heavy atom. The van der Waals surface area contributed by atoms with E-state index in [4.69, 9.17) is 4.74 Å². The lowest BCUT2D eigenvalue weighted by Crippen LogP contribution is -2.35. The molecule has 18 heavy (non-hydrogen) atoms. The second-order valence-corrected chi connectivity index (χ2v) is 7.18. The summed E-state index contributed by atoms with van der Waals surface area (Å²) in [5.74, 6) is 0.769. The third kappa shape index (κ3) is 3.99. The van der Waals surface area contributed by atoms with Crippen molar-refractivity contribution >= 4 is 10.0 Å². The fraction of sp³-hybridized carbons (Fsp3) is 0.538. The van der Waals surface area contributed by atoms with Crippen LogP contribution in [-0.2, 0) is 10.0 Å². The summed E-state index contributed by atoms with van der Waals surface area (Å²) in [6.07, 6.45) is 0. The smallest absolute Gasteiger partial charge is 0.216 e. The number of rotatable bonds is 6. The van der Waals surface area contributed by atoms with Crippen molar-refractivity contribution in [1.29, 1.82) is 0 Å². The van der Waals surface area contributed by atoms with Crippen LogP contribution in [0.3, 0.4) is 0 Å². The lowest BCUT2D eigenvalue weighted by molar-refractivity contribution is 0.286. The fourth-order valence-electron chi connectivity index (χ4n) is 1.48. The Morgan fingerprint density at radius 2 is 2.00 bits per heavy atom. The largest absolute Gasteiger partial charge is 0.492 e. The Bertz CT molecular complexity index is 483. The van der Waals surface area contributed by atoms with Crippen LogP contribution in [0.25, 0.3) is 0 Å². The molecule has 102 valence electrons. The predicted octanol–water partition coefficient (Wildman–Crippen LogP) is 2.04. The van der Waals surface area contributed by atoms with E-state index in [0.717, 1.165) is 11.3 Å². The highest BCUT2D eigenvalue weighted by molar-refractivity contribution is 7.89. The number of ether oxygens (including phenoxy) is 1. The SMILES string of the molecule is Cc1cccc(OCCN(C)S(=O)(=O)C(C)C)c1. The van der Waals surface area contributed by atoms with Crippen molar-refractivity contribution in [1.82, 2.24) is 4.31 Å². The highest BCUT2D eigenvalue weighted by Crippen LogP contribution is 2.12. The van der Waals surface area contributed by atoms with Crippen molar-refractivity contribution in [3.05, 3.63) is 29.8 Å². The highest BCUT2D eigenvalue weighted by atomic mass is 32.2. The molecular weight excluding hydrogens is 250 g/mol. The van der Waals surface area contributed by atoms with Crippen molar-refractivity contribution in [2.45, 2.75) is 26.0 Å². The number of sulfonamides is 1. The van der Waals surface area contributed by atoms with Crippen LogP contribution in [-0.4, -0.2) is 38.2 Å². The van der Waals surface area contributed by atoms with E-state index in [1.807, 2.05) is 31.2 Å². The molecule has 1 aromatic carbocycles. The molecule has 0 heterocycles. The van der Waals surface area contributed by atoms with Crippen LogP contribution in [0.1, 0.15) is 19.4 Å². The molecule has 0 amide bonds. The van der Waals surface area contributed by atoms with Crippen molar-refractivity contribution < 1.29 is 13.2 Å². The van der Waals surface area contributed by atoms with Gasteiger partial charge in [-0.3, -0.25) is 0 Å². The minimum atomic E-state index is -3.19. The quantitative estimate of drug-likeness (QED) is 0.795. The molecule has 4 nitrogen and oxygen atoms in total. The first kappa shape index (κ1) is 15.0. The molecule has 0 aliphatic carbocycles. The lowest BCUT2D eigenvalue weighted by atomic mass is 10.2. The van der Waals surface area contributed by atoms with Gasteiger partial charge in [-0.05, 0) is 38.5 Å². The summed E-state index contributed by atoms with van der Waals surface area (Å²) in [4.78, 5) is 0. The third-order valence-corrected chi connectivity index (χ3v) is 4.94. The van der Waals surface area contributed by atoms with E-state index in [-0.39, 0.29) is 0 Å². The van der Waals surface area contributed by atoms with Gasteiger partial charge in [0.05, 0.1) is 5.25 Å². The highest BCUT2D eigenvalue weighted by Gasteiger charge is 2.21. The Hall–Kier alpha value is -1.07. The van der Waals surface area contributed by atoms with E-state index >= 15 is 0 Å². The Kier molecular flexibility index (Phi) is 5.16. The minimum Gasteiger partial charge on any atom is -0.492 e. The van der Waals surface area contributed by atoms with Crippen molar-refractivity contribution in [3.63, 3.8) is 0 Å². The third-order valence-electron chi connectivity index (χ3n) is 2.69. The summed E-state index contributed by atoms with van der Waals surface area (Å²) in [5, 5.41) is -0.401. The summed E-state index contributed by atoms with van der Waals surface area (Å²) >= 11 is 0. The molecule has 0 saturated carbocycles. The standard InChI is InChI=1S/C13H21NO3S/c1-11(2)18(15,16)14(4)8-9-17-13-7-5-6-12(3)10-13/h5-7,10-11H,8-9H2,1-4H3. The molecule has 0 spiro atoms. The summed E-state index contributed by atoms with van der Waals surface area (Å²) in [6.45, 7) is 6.04. The van der Waals surface area contributed by atoms with Gasteiger partial charge in [0.1, 0.15) is 12.4 Å². The summed E-state index contributed by atoms with van der Waals surface area (Å²) in [6, 6.07) is 7.70. The zero-order chi connectivity index (χ0) is 13.8. The molecule has 1 rings (SSSR count). The molecule has 0 aliphatic rings. The molecule has 0 unspecified atom stereocenters. The van der Waals surface area contributed by atoms with Gasteiger partial charge in [-0.1, -0.05) is 12.1 Å². The molecular formula is C13H21NO3S. The van der Waals surface area contributed by atoms with Gasteiger partial charge < -0.3 is 4.74 Å². The molecule has 0 radical (unpaired) electrons. The first-order valence-electron chi connectivity index (χ1n) is 5.98. The van der Waals surface area contributed by atoms with E-state index in [1.165, 1.54) is 4.31 Å². The zero-order valence-corrected chi connectivity index (χ0v) is 12.2. The normalized spacial score (nSPS) is 12.1. The Labute approximate surface area is 110 Å². The summed E-state index contributed by atoms with van der Waals surface area (Å²) in [5.41, 5.74) is 1.12. The molecule has 0 aliphatic heterocycles. The van der Waals surface area contributed by atoms with Crippen molar-refractivity contribution in [2.75, 3.05) is 20.2 Å². The van der Waals surface area contributed by atoms with Gasteiger partial charge in [0, 0.05) is 13.6 Å². The van der Waals surface area contributed by atoms with Crippen LogP contribution in [0.15, 0.2) is 24.3 Å². The maximum Gasteiger partial charge on any atom is 0.216 e. The maximum atomic E-state index is 11.8. The Balaban J connectivity index is 2.48. The van der Waals surface area contributed by atoms with Crippen LogP contribution in [0.2, 0.25) is 0 Å². The van der Waals surface area contributed by atoms with E-state index in [2.05, 4.69) is 0 Å². The molecule has 0 N–H and O–H groups in total. The number of benzene rings is 1. The fourth-order valence-corrected chi connectivity index (χ4v) is 2.53. The second kappa shape index (κ2) is 6.20. The van der Waals surface area contributed by atoms with Crippen LogP contribution < -0.4 is 4.74 Å². The zero-order valence-electron chi connectivity index (χ0n) is 11.4. The summed E-state index contributed by atoms with van der Waals surface area (Å²) in [7, 11) is -1.61. The van der Waals surface area contributed by atoms with Gasteiger partial charge in [-0.15, -0.1) is 0 Å². The molecule has 0 atom stereocenters. The monoisotopic (exact) mass is 271 g/mol. The maximum absolute atomic E-state index is 11.8. The Morgan fingerprint density at radius 1 is 1.33 bits per heavy atom. The second-order valence-electron chi connectivity index (χ2n) is 4.58. The molecule has 0 aromatic heterocycles. The number of likely N-dealkylation sites (N-methyl/N-ethyl adjacent to an activating group) is 1. The molecule has 0 saturated heterocycles. The van der Waals surface area contributed by atoms with Gasteiger partial charge in [0.25, 0.3) is 0 Å². The summed E-state index contributed by atoms with van der Waals surface area (Å²) < 4.78 is 30.5. The average molecular weight is 271 g/mol. The number of hydrogen-bond acceptors (Lipinski definition) is 3. The van der Waals surface area contributed by atoms with E-state index in [0.29, 0.717) is 13.2 Å².